The van der Waals surface area contributed by atoms with Gasteiger partial charge in [-0.05, 0) is 52.3 Å². The highest BCUT2D eigenvalue weighted by Gasteiger charge is 2.13. The Balaban J connectivity index is 2.55. The molecule has 1 atom stereocenters. The predicted octanol–water partition coefficient (Wildman–Crippen LogP) is 2.40. The summed E-state index contributed by atoms with van der Waals surface area (Å²) < 4.78 is 0. The van der Waals surface area contributed by atoms with Crippen LogP contribution in [0.15, 0.2) is 12.1 Å². The third-order valence-electron chi connectivity index (χ3n) is 3.79. The minimum atomic E-state index is -0.112. The van der Waals surface area contributed by atoms with E-state index in [0.29, 0.717) is 0 Å². The summed E-state index contributed by atoms with van der Waals surface area (Å²) in [6.07, 6.45) is 0.891. The van der Waals surface area contributed by atoms with Crippen LogP contribution in [0.25, 0.3) is 0 Å². The lowest BCUT2D eigenvalue weighted by Crippen LogP contribution is -2.41. The van der Waals surface area contributed by atoms with E-state index in [-0.39, 0.29) is 30.9 Å². The Morgan fingerprint density at radius 2 is 1.61 bits per heavy atom. The van der Waals surface area contributed by atoms with Crippen molar-refractivity contribution in [2.75, 3.05) is 25.5 Å². The first-order valence-corrected chi connectivity index (χ1v) is 8.08. The smallest absolute Gasteiger partial charge is 0.238 e. The largest absolute Gasteiger partial charge is 0.353 e. The number of hydrogen-bond donors (Lipinski definition) is 2. The standard InChI is InChI=1S/C18H29N3O2/c1-7-15(5)19-16(22)10-21(6)11-17(23)20-18-13(3)8-12(2)9-14(18)4/h8-9,15H,7,10-11H2,1-6H3,(H,19,22)(H,20,23)/t15-/m1/s1. The molecule has 0 saturated heterocycles. The van der Waals surface area contributed by atoms with Crippen LogP contribution in [0, 0.1) is 20.8 Å². The Hall–Kier alpha value is -1.88. The summed E-state index contributed by atoms with van der Waals surface area (Å²) in [5.41, 5.74) is 4.14. The summed E-state index contributed by atoms with van der Waals surface area (Å²) in [6, 6.07) is 4.25. The highest BCUT2D eigenvalue weighted by atomic mass is 16.2. The zero-order chi connectivity index (χ0) is 17.6. The lowest BCUT2D eigenvalue weighted by Gasteiger charge is -2.19. The highest BCUT2D eigenvalue weighted by Crippen LogP contribution is 2.21. The number of carbonyl (C=O) groups is 2. The molecular weight excluding hydrogens is 290 g/mol. The number of aryl methyl sites for hydroxylation is 3. The molecule has 0 saturated carbocycles. The van der Waals surface area contributed by atoms with E-state index in [1.807, 2.05) is 46.8 Å². The Morgan fingerprint density at radius 3 is 2.13 bits per heavy atom. The molecule has 1 aromatic carbocycles. The van der Waals surface area contributed by atoms with Crippen molar-refractivity contribution in [3.05, 3.63) is 28.8 Å². The van der Waals surface area contributed by atoms with Crippen LogP contribution in [-0.2, 0) is 9.59 Å². The van der Waals surface area contributed by atoms with Crippen LogP contribution in [0.3, 0.4) is 0 Å². The average molecular weight is 319 g/mol. The quantitative estimate of drug-likeness (QED) is 0.811. The van der Waals surface area contributed by atoms with E-state index in [2.05, 4.69) is 10.6 Å². The molecule has 0 heterocycles. The van der Waals surface area contributed by atoms with Crippen molar-refractivity contribution in [3.8, 4) is 0 Å². The van der Waals surface area contributed by atoms with Crippen LogP contribution >= 0.6 is 0 Å². The molecular formula is C18H29N3O2. The molecule has 2 amide bonds. The third-order valence-corrected chi connectivity index (χ3v) is 3.79. The summed E-state index contributed by atoms with van der Waals surface area (Å²) in [5, 5.41) is 5.85. The number of hydrogen-bond acceptors (Lipinski definition) is 3. The topological polar surface area (TPSA) is 61.4 Å². The Labute approximate surface area is 139 Å². The zero-order valence-corrected chi connectivity index (χ0v) is 15.1. The van der Waals surface area contributed by atoms with E-state index in [4.69, 9.17) is 0 Å². The van der Waals surface area contributed by atoms with Crippen LogP contribution in [0.2, 0.25) is 0 Å². The van der Waals surface area contributed by atoms with E-state index < -0.39 is 0 Å². The van der Waals surface area contributed by atoms with Gasteiger partial charge in [0, 0.05) is 11.7 Å². The van der Waals surface area contributed by atoms with Gasteiger partial charge in [0.15, 0.2) is 0 Å². The predicted molar refractivity (Wildman–Crippen MR) is 94.7 cm³/mol. The number of nitrogens with zero attached hydrogens (tertiary/aromatic N) is 1. The van der Waals surface area contributed by atoms with Gasteiger partial charge in [-0.15, -0.1) is 0 Å². The molecule has 0 aliphatic rings. The zero-order valence-electron chi connectivity index (χ0n) is 15.1. The maximum absolute atomic E-state index is 12.2. The maximum atomic E-state index is 12.2. The van der Waals surface area contributed by atoms with E-state index in [9.17, 15) is 9.59 Å². The number of anilines is 1. The molecule has 5 heteroatoms. The fourth-order valence-corrected chi connectivity index (χ4v) is 2.52. The monoisotopic (exact) mass is 319 g/mol. The molecule has 128 valence electrons. The van der Waals surface area contributed by atoms with Crippen LogP contribution in [0.5, 0.6) is 0 Å². The molecule has 1 rings (SSSR count). The molecule has 0 bridgehead atoms. The normalized spacial score (nSPS) is 12.1. The van der Waals surface area contributed by atoms with Gasteiger partial charge in [0.25, 0.3) is 0 Å². The van der Waals surface area contributed by atoms with E-state index in [0.717, 1.165) is 23.2 Å². The van der Waals surface area contributed by atoms with Crippen molar-refractivity contribution in [1.82, 2.24) is 10.2 Å². The van der Waals surface area contributed by atoms with E-state index >= 15 is 0 Å². The van der Waals surface area contributed by atoms with Crippen LogP contribution < -0.4 is 10.6 Å². The molecule has 0 unspecified atom stereocenters. The molecule has 0 aromatic heterocycles. The lowest BCUT2D eigenvalue weighted by molar-refractivity contribution is -0.123. The van der Waals surface area contributed by atoms with Gasteiger partial charge < -0.3 is 10.6 Å². The first kappa shape index (κ1) is 19.2. The molecule has 0 aliphatic carbocycles. The van der Waals surface area contributed by atoms with Crippen LogP contribution in [-0.4, -0.2) is 42.9 Å². The molecule has 1 aromatic rings. The van der Waals surface area contributed by atoms with Gasteiger partial charge in [0.1, 0.15) is 0 Å². The van der Waals surface area contributed by atoms with Crippen molar-refractivity contribution in [2.45, 2.75) is 47.1 Å². The third kappa shape index (κ3) is 6.40. The van der Waals surface area contributed by atoms with Gasteiger partial charge >= 0.3 is 0 Å². The van der Waals surface area contributed by atoms with Gasteiger partial charge in [-0.2, -0.15) is 0 Å². The first-order valence-electron chi connectivity index (χ1n) is 8.08. The minimum absolute atomic E-state index is 0.0580. The summed E-state index contributed by atoms with van der Waals surface area (Å²) >= 11 is 0. The van der Waals surface area contributed by atoms with Crippen molar-refractivity contribution < 1.29 is 9.59 Å². The molecule has 5 nitrogen and oxygen atoms in total. The average Bonchev–Trinajstić information content (AvgIpc) is 2.42. The van der Waals surface area contributed by atoms with Crippen molar-refractivity contribution in [1.29, 1.82) is 0 Å². The van der Waals surface area contributed by atoms with Gasteiger partial charge in [0.05, 0.1) is 13.1 Å². The Morgan fingerprint density at radius 1 is 1.09 bits per heavy atom. The second kappa shape index (κ2) is 8.67. The number of likely N-dealkylation sites (N-methyl/N-ethyl adjacent to an activating group) is 1. The summed E-state index contributed by atoms with van der Waals surface area (Å²) in [4.78, 5) is 25.7. The number of benzene rings is 1. The molecule has 0 aliphatic heterocycles. The Bertz CT molecular complexity index is 546. The maximum Gasteiger partial charge on any atom is 0.238 e. The van der Waals surface area contributed by atoms with Crippen molar-refractivity contribution in [3.63, 3.8) is 0 Å². The van der Waals surface area contributed by atoms with Gasteiger partial charge in [-0.3, -0.25) is 14.5 Å². The second-order valence-electron chi connectivity index (χ2n) is 6.37. The molecule has 0 fully saturated rings. The van der Waals surface area contributed by atoms with Gasteiger partial charge in [-0.1, -0.05) is 24.6 Å². The lowest BCUT2D eigenvalue weighted by atomic mass is 10.1. The first-order chi connectivity index (χ1) is 10.7. The highest BCUT2D eigenvalue weighted by molar-refractivity contribution is 5.94. The number of carbonyl (C=O) groups excluding carboxylic acids is 2. The number of nitrogens with one attached hydrogen (secondary N) is 2. The SMILES string of the molecule is CC[C@@H](C)NC(=O)CN(C)CC(=O)Nc1c(C)cc(C)cc1C. The van der Waals surface area contributed by atoms with Crippen LogP contribution in [0.4, 0.5) is 5.69 Å². The number of amides is 2. The molecule has 0 spiro atoms. The van der Waals surface area contributed by atoms with Crippen molar-refractivity contribution >= 4 is 17.5 Å². The minimum Gasteiger partial charge on any atom is -0.353 e. The van der Waals surface area contributed by atoms with Gasteiger partial charge in [0.2, 0.25) is 11.8 Å². The summed E-state index contributed by atoms with van der Waals surface area (Å²) in [5.74, 6) is -0.170. The molecule has 23 heavy (non-hydrogen) atoms. The van der Waals surface area contributed by atoms with E-state index in [1.165, 1.54) is 5.56 Å². The van der Waals surface area contributed by atoms with Gasteiger partial charge in [-0.25, -0.2) is 0 Å². The van der Waals surface area contributed by atoms with E-state index in [1.54, 1.807) is 11.9 Å². The molecule has 0 radical (unpaired) electrons. The summed E-state index contributed by atoms with van der Waals surface area (Å²) in [6.45, 7) is 10.4. The van der Waals surface area contributed by atoms with Crippen LogP contribution in [0.1, 0.15) is 37.0 Å². The fraction of sp³-hybridized carbons (Fsp3) is 0.556. The number of rotatable bonds is 7. The Kier molecular flexibility index (Phi) is 7.23. The van der Waals surface area contributed by atoms with Crippen molar-refractivity contribution in [2.24, 2.45) is 0 Å². The fourth-order valence-electron chi connectivity index (χ4n) is 2.52. The molecule has 2 N–H and O–H groups in total. The second-order valence-corrected chi connectivity index (χ2v) is 6.37. The summed E-state index contributed by atoms with van der Waals surface area (Å²) in [7, 11) is 1.77.